The largest absolute Gasteiger partial charge is 0.481 e. The molecular weight excluding hydrogens is 454 g/mol. The molecule has 9 heteroatoms. The average molecular weight is 487 g/mol. The predicted molar refractivity (Wildman–Crippen MR) is 128 cm³/mol. The number of piperidine rings is 1. The number of amides is 1. The smallest absolute Gasteiger partial charge is 0.305 e. The summed E-state index contributed by atoms with van der Waals surface area (Å²) in [5.74, 6) is -4.58. The highest BCUT2D eigenvalue weighted by molar-refractivity contribution is 5.80. The van der Waals surface area contributed by atoms with E-state index in [1.807, 2.05) is 6.07 Å². The van der Waals surface area contributed by atoms with Crippen LogP contribution in [0.5, 0.6) is 0 Å². The molecule has 1 fully saturated rings. The molecule has 0 saturated carbocycles. The van der Waals surface area contributed by atoms with Crippen LogP contribution < -0.4 is 10.6 Å². The molecule has 0 aliphatic carbocycles. The number of rotatable bonds is 9. The van der Waals surface area contributed by atoms with Gasteiger partial charge in [-0.15, -0.1) is 0 Å². The molecule has 0 bridgehead atoms. The Kier molecular flexibility index (Phi) is 7.95. The first kappa shape index (κ1) is 25.0. The quantitative estimate of drug-likeness (QED) is 0.501. The summed E-state index contributed by atoms with van der Waals surface area (Å²) in [6, 6.07) is 12.0. The SMILES string of the molecule is O=C(O)C[C@H](NC(=O)[C@H]1CN(CCCc2ccc3c(n2)NCCC3)CC(F)(F)C1)c1ccccc1. The second-order valence-corrected chi connectivity index (χ2v) is 9.51. The summed E-state index contributed by atoms with van der Waals surface area (Å²) >= 11 is 0. The number of pyridine rings is 1. The number of hydrogen-bond acceptors (Lipinski definition) is 5. The van der Waals surface area contributed by atoms with Gasteiger partial charge in [-0.05, 0) is 49.4 Å². The molecule has 2 aliphatic heterocycles. The van der Waals surface area contributed by atoms with Crippen LogP contribution in [0.25, 0.3) is 0 Å². The summed E-state index contributed by atoms with van der Waals surface area (Å²) in [6.07, 6.45) is 2.57. The number of nitrogens with zero attached hydrogens (tertiary/aromatic N) is 2. The number of aliphatic carboxylic acids is 1. The van der Waals surface area contributed by atoms with Crippen molar-refractivity contribution in [1.82, 2.24) is 15.2 Å². The van der Waals surface area contributed by atoms with Crippen molar-refractivity contribution in [3.05, 3.63) is 59.3 Å². The van der Waals surface area contributed by atoms with Gasteiger partial charge in [0.2, 0.25) is 5.91 Å². The van der Waals surface area contributed by atoms with Crippen LogP contribution in [-0.4, -0.2) is 59.0 Å². The molecule has 0 radical (unpaired) electrons. The predicted octanol–water partition coefficient (Wildman–Crippen LogP) is 3.66. The normalized spacial score (nSPS) is 20.3. The first-order valence-electron chi connectivity index (χ1n) is 12.2. The van der Waals surface area contributed by atoms with Crippen molar-refractivity contribution in [1.29, 1.82) is 0 Å². The fourth-order valence-corrected chi connectivity index (χ4v) is 4.93. The Balaban J connectivity index is 1.35. The van der Waals surface area contributed by atoms with Crippen LogP contribution in [-0.2, 0) is 22.4 Å². The van der Waals surface area contributed by atoms with E-state index >= 15 is 0 Å². The fourth-order valence-electron chi connectivity index (χ4n) is 4.93. The third-order valence-electron chi connectivity index (χ3n) is 6.61. The van der Waals surface area contributed by atoms with Gasteiger partial charge in [-0.1, -0.05) is 36.4 Å². The molecule has 7 nitrogen and oxygen atoms in total. The van der Waals surface area contributed by atoms with E-state index in [2.05, 4.69) is 21.7 Å². The molecule has 1 aromatic carbocycles. The zero-order chi connectivity index (χ0) is 24.8. The topological polar surface area (TPSA) is 94.6 Å². The van der Waals surface area contributed by atoms with E-state index < -0.39 is 36.2 Å². The Morgan fingerprint density at radius 2 is 2.03 bits per heavy atom. The van der Waals surface area contributed by atoms with Gasteiger partial charge in [0.15, 0.2) is 0 Å². The number of benzene rings is 1. The number of carbonyl (C=O) groups is 2. The molecule has 0 unspecified atom stereocenters. The van der Waals surface area contributed by atoms with Crippen LogP contribution >= 0.6 is 0 Å². The van der Waals surface area contributed by atoms with E-state index in [1.165, 1.54) is 5.56 Å². The monoisotopic (exact) mass is 486 g/mol. The van der Waals surface area contributed by atoms with Gasteiger partial charge < -0.3 is 15.7 Å². The second kappa shape index (κ2) is 11.1. The van der Waals surface area contributed by atoms with Crippen LogP contribution in [0.3, 0.4) is 0 Å². The van der Waals surface area contributed by atoms with Crippen molar-refractivity contribution < 1.29 is 23.5 Å². The Morgan fingerprint density at radius 1 is 1.23 bits per heavy atom. The standard InChI is InChI=1S/C26H32F2N4O3/c27-26(28)15-20(25(35)31-22(14-23(33)34)18-6-2-1-3-7-18)16-32(17-26)13-5-9-21-11-10-19-8-4-12-29-24(19)30-21/h1-3,6-7,10-11,20,22H,4-5,8-9,12-17H2,(H,29,30)(H,31,35)(H,33,34)/t20-,22+/m1/s1. The van der Waals surface area contributed by atoms with Gasteiger partial charge in [-0.25, -0.2) is 13.8 Å². The zero-order valence-corrected chi connectivity index (χ0v) is 19.7. The maximum Gasteiger partial charge on any atom is 0.305 e. The summed E-state index contributed by atoms with van der Waals surface area (Å²) in [6.45, 7) is 1.18. The zero-order valence-electron chi connectivity index (χ0n) is 19.7. The van der Waals surface area contributed by atoms with E-state index in [0.717, 1.165) is 30.9 Å². The number of carbonyl (C=O) groups excluding carboxylic acids is 1. The van der Waals surface area contributed by atoms with E-state index in [-0.39, 0.29) is 19.5 Å². The molecule has 3 heterocycles. The van der Waals surface area contributed by atoms with E-state index in [1.54, 1.807) is 35.2 Å². The number of carboxylic acid groups (broad SMARTS) is 1. The van der Waals surface area contributed by atoms with Crippen molar-refractivity contribution in [2.75, 3.05) is 31.5 Å². The lowest BCUT2D eigenvalue weighted by molar-refractivity contribution is -0.140. The number of aromatic nitrogens is 1. The number of anilines is 1. The molecule has 4 rings (SSSR count). The highest BCUT2D eigenvalue weighted by atomic mass is 19.3. The second-order valence-electron chi connectivity index (χ2n) is 9.51. The third kappa shape index (κ3) is 6.97. The van der Waals surface area contributed by atoms with E-state index in [4.69, 9.17) is 0 Å². The van der Waals surface area contributed by atoms with Crippen molar-refractivity contribution in [3.63, 3.8) is 0 Å². The van der Waals surface area contributed by atoms with Gasteiger partial charge in [0.1, 0.15) is 5.82 Å². The van der Waals surface area contributed by atoms with Crippen molar-refractivity contribution in [2.45, 2.75) is 50.5 Å². The maximum atomic E-state index is 14.5. The Bertz CT molecular complexity index is 1030. The molecule has 2 aliphatic rings. The number of halogens is 2. The summed E-state index contributed by atoms with van der Waals surface area (Å²) in [4.78, 5) is 30.6. The van der Waals surface area contributed by atoms with E-state index in [0.29, 0.717) is 24.9 Å². The van der Waals surface area contributed by atoms with Crippen molar-refractivity contribution in [2.24, 2.45) is 5.92 Å². The first-order chi connectivity index (χ1) is 16.8. The lowest BCUT2D eigenvalue weighted by Gasteiger charge is -2.37. The number of hydrogen-bond donors (Lipinski definition) is 3. The Morgan fingerprint density at radius 3 is 2.80 bits per heavy atom. The minimum atomic E-state index is -2.98. The average Bonchev–Trinajstić information content (AvgIpc) is 2.83. The van der Waals surface area contributed by atoms with Crippen LogP contribution in [0, 0.1) is 5.92 Å². The van der Waals surface area contributed by atoms with Crippen molar-refractivity contribution in [3.8, 4) is 0 Å². The molecule has 1 saturated heterocycles. The maximum absolute atomic E-state index is 14.5. The Labute approximate surface area is 203 Å². The molecule has 3 N–H and O–H groups in total. The van der Waals surface area contributed by atoms with Crippen LogP contribution in [0.4, 0.5) is 14.6 Å². The number of fused-ring (bicyclic) bond motifs is 1. The van der Waals surface area contributed by atoms with Crippen LogP contribution in [0.2, 0.25) is 0 Å². The van der Waals surface area contributed by atoms with Crippen molar-refractivity contribution >= 4 is 17.7 Å². The Hall–Kier alpha value is -3.07. The minimum absolute atomic E-state index is 0.217. The number of alkyl halides is 2. The molecule has 188 valence electrons. The molecule has 1 amide bonds. The lowest BCUT2D eigenvalue weighted by Crippen LogP contribution is -2.52. The van der Waals surface area contributed by atoms with Gasteiger partial charge in [0, 0.05) is 25.2 Å². The molecule has 2 atom stereocenters. The highest BCUT2D eigenvalue weighted by Crippen LogP contribution is 2.31. The van der Waals surface area contributed by atoms with Crippen LogP contribution in [0.15, 0.2) is 42.5 Å². The summed E-state index contributed by atoms with van der Waals surface area (Å²) in [7, 11) is 0. The number of nitrogens with one attached hydrogen (secondary N) is 2. The summed E-state index contributed by atoms with van der Waals surface area (Å²) < 4.78 is 29.1. The fraction of sp³-hybridized carbons (Fsp3) is 0.500. The number of carboxylic acids is 1. The van der Waals surface area contributed by atoms with Gasteiger partial charge >= 0.3 is 5.97 Å². The highest BCUT2D eigenvalue weighted by Gasteiger charge is 2.43. The summed E-state index contributed by atoms with van der Waals surface area (Å²) in [5, 5.41) is 15.3. The molecule has 0 spiro atoms. The van der Waals surface area contributed by atoms with E-state index in [9.17, 15) is 23.5 Å². The molecule has 2 aromatic rings. The molecule has 1 aromatic heterocycles. The summed E-state index contributed by atoms with van der Waals surface area (Å²) in [5.41, 5.74) is 2.77. The first-order valence-corrected chi connectivity index (χ1v) is 12.2. The molecular formula is C26H32F2N4O3. The molecule has 35 heavy (non-hydrogen) atoms. The van der Waals surface area contributed by atoms with Crippen LogP contribution in [0.1, 0.15) is 48.5 Å². The van der Waals surface area contributed by atoms with Gasteiger partial charge in [0.05, 0.1) is 24.9 Å². The number of aryl methyl sites for hydroxylation is 2. The van der Waals surface area contributed by atoms with Gasteiger partial charge in [0.25, 0.3) is 5.92 Å². The van der Waals surface area contributed by atoms with Gasteiger partial charge in [-0.3, -0.25) is 14.5 Å². The third-order valence-corrected chi connectivity index (χ3v) is 6.61. The lowest BCUT2D eigenvalue weighted by atomic mass is 9.93. The minimum Gasteiger partial charge on any atom is -0.481 e. The van der Waals surface area contributed by atoms with Gasteiger partial charge in [-0.2, -0.15) is 0 Å². The number of likely N-dealkylation sites (tertiary alicyclic amines) is 1.